The van der Waals surface area contributed by atoms with E-state index in [4.69, 9.17) is 4.74 Å². The van der Waals surface area contributed by atoms with Crippen LogP contribution >= 0.6 is 11.3 Å². The minimum Gasteiger partial charge on any atom is -0.481 e. The van der Waals surface area contributed by atoms with Crippen molar-refractivity contribution in [3.8, 4) is 16.6 Å². The quantitative estimate of drug-likeness (QED) is 0.666. The maximum absolute atomic E-state index is 12.6. The van der Waals surface area contributed by atoms with E-state index in [0.717, 1.165) is 22.7 Å². The summed E-state index contributed by atoms with van der Waals surface area (Å²) in [5, 5.41) is 9.71. The molecule has 0 bridgehead atoms. The van der Waals surface area contributed by atoms with Gasteiger partial charge < -0.3 is 4.74 Å². The van der Waals surface area contributed by atoms with Gasteiger partial charge in [0.2, 0.25) is 5.88 Å². The lowest BCUT2D eigenvalue weighted by Crippen LogP contribution is -2.04. The van der Waals surface area contributed by atoms with E-state index in [1.54, 1.807) is 13.0 Å². The molecule has 9 heteroatoms. The van der Waals surface area contributed by atoms with Gasteiger partial charge in [-0.1, -0.05) is 23.5 Å². The fraction of sp³-hybridized carbons (Fsp3) is 0.294. The molecule has 0 aliphatic heterocycles. The number of ether oxygens (including phenoxy) is 1. The van der Waals surface area contributed by atoms with Gasteiger partial charge in [-0.25, -0.2) is 4.98 Å². The van der Waals surface area contributed by atoms with E-state index >= 15 is 0 Å². The van der Waals surface area contributed by atoms with Crippen molar-refractivity contribution < 1.29 is 17.9 Å². The fourth-order valence-electron chi connectivity index (χ4n) is 2.32. The average Bonchev–Trinajstić information content (AvgIpc) is 3.08. The van der Waals surface area contributed by atoms with Crippen LogP contribution in [0.2, 0.25) is 0 Å². The highest BCUT2D eigenvalue weighted by molar-refractivity contribution is 7.14. The first kappa shape index (κ1) is 18.2. The van der Waals surface area contributed by atoms with Crippen LogP contribution in [0.1, 0.15) is 22.0 Å². The first-order chi connectivity index (χ1) is 12.3. The molecule has 0 saturated heterocycles. The molecule has 0 saturated carbocycles. The first-order valence-electron chi connectivity index (χ1n) is 7.74. The summed E-state index contributed by atoms with van der Waals surface area (Å²) in [5.74, 6) is 1.02. The van der Waals surface area contributed by atoms with Gasteiger partial charge in [0.05, 0.1) is 12.7 Å². The van der Waals surface area contributed by atoms with Gasteiger partial charge >= 0.3 is 6.18 Å². The van der Waals surface area contributed by atoms with Crippen LogP contribution < -0.4 is 4.74 Å². The maximum Gasteiger partial charge on any atom is 0.416 e. The van der Waals surface area contributed by atoms with Crippen LogP contribution in [0.25, 0.3) is 10.7 Å². The second kappa shape index (κ2) is 7.36. The molecule has 0 aliphatic carbocycles. The highest BCUT2D eigenvalue weighted by Crippen LogP contribution is 2.29. The third kappa shape index (κ3) is 4.34. The Bertz CT molecular complexity index is 894. The molecule has 0 amide bonds. The molecule has 0 unspecified atom stereocenters. The summed E-state index contributed by atoms with van der Waals surface area (Å²) in [6.45, 7) is 1.76. The number of rotatable bonds is 5. The smallest absolute Gasteiger partial charge is 0.416 e. The fourth-order valence-corrected chi connectivity index (χ4v) is 3.12. The summed E-state index contributed by atoms with van der Waals surface area (Å²) in [6, 6.07) is 6.85. The van der Waals surface area contributed by atoms with Crippen molar-refractivity contribution in [2.45, 2.75) is 25.9 Å². The zero-order valence-corrected chi connectivity index (χ0v) is 14.9. The standard InChI is InChI=1S/C17H15F3N4OS/c1-10-21-13(9-14(22-10)25-2)16-24-23-15(26-16)8-5-11-3-6-12(7-4-11)17(18,19)20/h3-4,6-7,9H,5,8H2,1-2H3. The van der Waals surface area contributed by atoms with Gasteiger partial charge in [-0.05, 0) is 31.0 Å². The second-order valence-electron chi connectivity index (χ2n) is 5.54. The lowest BCUT2D eigenvalue weighted by Gasteiger charge is -2.07. The van der Waals surface area contributed by atoms with E-state index in [9.17, 15) is 13.2 Å². The van der Waals surface area contributed by atoms with E-state index in [0.29, 0.717) is 35.2 Å². The van der Waals surface area contributed by atoms with Crippen LogP contribution in [0.3, 0.4) is 0 Å². The number of methoxy groups -OCH3 is 1. The molecule has 0 spiro atoms. The number of benzene rings is 1. The van der Waals surface area contributed by atoms with Crippen molar-refractivity contribution in [2.75, 3.05) is 7.11 Å². The predicted molar refractivity (Wildman–Crippen MR) is 91.1 cm³/mol. The van der Waals surface area contributed by atoms with Gasteiger partial charge in [0.15, 0.2) is 5.01 Å². The van der Waals surface area contributed by atoms with Crippen LogP contribution in [0, 0.1) is 6.92 Å². The summed E-state index contributed by atoms with van der Waals surface area (Å²) in [4.78, 5) is 8.45. The second-order valence-corrected chi connectivity index (χ2v) is 6.60. The molecule has 3 rings (SSSR count). The van der Waals surface area contributed by atoms with Gasteiger partial charge in [-0.2, -0.15) is 18.2 Å². The molecule has 0 radical (unpaired) electrons. The number of alkyl halides is 3. The molecule has 0 fully saturated rings. The van der Waals surface area contributed by atoms with Crippen LogP contribution in [0.15, 0.2) is 30.3 Å². The minimum absolute atomic E-state index is 0.453. The lowest BCUT2D eigenvalue weighted by atomic mass is 10.1. The summed E-state index contributed by atoms with van der Waals surface area (Å²) in [5.41, 5.74) is 0.800. The molecule has 0 aliphatic rings. The number of halogens is 3. The highest BCUT2D eigenvalue weighted by atomic mass is 32.1. The zero-order valence-electron chi connectivity index (χ0n) is 14.0. The maximum atomic E-state index is 12.6. The Hall–Kier alpha value is -2.55. The largest absolute Gasteiger partial charge is 0.481 e. The molecular formula is C17H15F3N4OS. The number of aryl methyl sites for hydroxylation is 3. The Morgan fingerprint density at radius 3 is 2.42 bits per heavy atom. The van der Waals surface area contributed by atoms with Crippen LogP contribution in [0.4, 0.5) is 13.2 Å². The van der Waals surface area contributed by atoms with E-state index in [-0.39, 0.29) is 0 Å². The van der Waals surface area contributed by atoms with E-state index in [2.05, 4.69) is 20.2 Å². The Balaban J connectivity index is 1.68. The van der Waals surface area contributed by atoms with Crippen molar-refractivity contribution in [1.29, 1.82) is 0 Å². The molecule has 3 aromatic rings. The Kier molecular flexibility index (Phi) is 5.17. The van der Waals surface area contributed by atoms with Crippen molar-refractivity contribution in [3.63, 3.8) is 0 Å². The summed E-state index contributed by atoms with van der Waals surface area (Å²) >= 11 is 1.39. The lowest BCUT2D eigenvalue weighted by molar-refractivity contribution is -0.137. The van der Waals surface area contributed by atoms with E-state index < -0.39 is 11.7 Å². The molecule has 0 atom stereocenters. The third-order valence-corrected chi connectivity index (χ3v) is 4.62. The molecule has 136 valence electrons. The predicted octanol–water partition coefficient (Wildman–Crippen LogP) is 4.12. The van der Waals surface area contributed by atoms with Crippen LogP contribution in [-0.2, 0) is 19.0 Å². The van der Waals surface area contributed by atoms with E-state index in [1.165, 1.54) is 30.6 Å². The average molecular weight is 380 g/mol. The number of hydrogen-bond acceptors (Lipinski definition) is 6. The monoisotopic (exact) mass is 380 g/mol. The summed E-state index contributed by atoms with van der Waals surface area (Å²) < 4.78 is 42.9. The van der Waals surface area contributed by atoms with E-state index in [1.807, 2.05) is 0 Å². The molecule has 2 heterocycles. The van der Waals surface area contributed by atoms with Gasteiger partial charge in [0.25, 0.3) is 0 Å². The summed E-state index contributed by atoms with van der Waals surface area (Å²) in [7, 11) is 1.53. The third-order valence-electron chi connectivity index (χ3n) is 3.62. The first-order valence-corrected chi connectivity index (χ1v) is 8.55. The summed E-state index contributed by atoms with van der Waals surface area (Å²) in [6.07, 6.45) is -3.15. The van der Waals surface area contributed by atoms with Gasteiger partial charge in [0, 0.05) is 12.5 Å². The number of hydrogen-bond donors (Lipinski definition) is 0. The molecular weight excluding hydrogens is 365 g/mol. The molecule has 5 nitrogen and oxygen atoms in total. The minimum atomic E-state index is -4.32. The molecule has 2 aromatic heterocycles. The van der Waals surface area contributed by atoms with Gasteiger partial charge in [0.1, 0.15) is 16.5 Å². The SMILES string of the molecule is COc1cc(-c2nnc(CCc3ccc(C(F)(F)F)cc3)s2)nc(C)n1. The van der Waals surface area contributed by atoms with Crippen molar-refractivity contribution in [3.05, 3.63) is 52.3 Å². The zero-order chi connectivity index (χ0) is 18.7. The topological polar surface area (TPSA) is 60.8 Å². The van der Waals surface area contributed by atoms with Crippen molar-refractivity contribution >= 4 is 11.3 Å². The van der Waals surface area contributed by atoms with Crippen molar-refractivity contribution in [1.82, 2.24) is 20.2 Å². The number of aromatic nitrogens is 4. The van der Waals surface area contributed by atoms with Crippen LogP contribution in [0.5, 0.6) is 5.88 Å². The van der Waals surface area contributed by atoms with Crippen molar-refractivity contribution in [2.24, 2.45) is 0 Å². The molecule has 1 aromatic carbocycles. The van der Waals surface area contributed by atoms with Crippen LogP contribution in [-0.4, -0.2) is 27.3 Å². The highest BCUT2D eigenvalue weighted by Gasteiger charge is 2.29. The number of nitrogens with zero attached hydrogens (tertiary/aromatic N) is 4. The van der Waals surface area contributed by atoms with Gasteiger partial charge in [-0.3, -0.25) is 0 Å². The molecule has 0 N–H and O–H groups in total. The van der Waals surface area contributed by atoms with Gasteiger partial charge in [-0.15, -0.1) is 10.2 Å². The Morgan fingerprint density at radius 2 is 1.77 bits per heavy atom. The Morgan fingerprint density at radius 1 is 1.04 bits per heavy atom. The Labute approximate surface area is 151 Å². The normalized spacial score (nSPS) is 11.6. The molecule has 26 heavy (non-hydrogen) atoms.